The number of ketones is 1. The van der Waals surface area contributed by atoms with Gasteiger partial charge in [-0.15, -0.1) is 0 Å². The summed E-state index contributed by atoms with van der Waals surface area (Å²) in [6, 6.07) is 0. The second-order valence-corrected chi connectivity index (χ2v) is 3.05. The second-order valence-electron chi connectivity index (χ2n) is 3.05. The molecule has 0 aromatic carbocycles. The zero-order valence-corrected chi connectivity index (χ0v) is 7.58. The highest BCUT2D eigenvalue weighted by Crippen LogP contribution is 2.20. The van der Waals surface area contributed by atoms with Gasteiger partial charge in [-0.05, 0) is 25.3 Å². The molecule has 0 N–H and O–H groups in total. The number of allylic oxidation sites excluding steroid dienone is 6. The zero-order chi connectivity index (χ0) is 8.97. The van der Waals surface area contributed by atoms with E-state index in [4.69, 9.17) is 0 Å². The topological polar surface area (TPSA) is 17.1 Å². The van der Waals surface area contributed by atoms with E-state index in [9.17, 15) is 4.79 Å². The van der Waals surface area contributed by atoms with Gasteiger partial charge in [0.15, 0.2) is 5.78 Å². The minimum Gasteiger partial charge on any atom is -0.290 e. The number of hydrogen-bond acceptors (Lipinski definition) is 1. The highest BCUT2D eigenvalue weighted by atomic mass is 16.1. The first kappa shape index (κ1) is 8.98. The van der Waals surface area contributed by atoms with Crippen LogP contribution >= 0.6 is 0 Å². The molecule has 1 aliphatic carbocycles. The summed E-state index contributed by atoms with van der Waals surface area (Å²) in [5.41, 5.74) is 0.926. The van der Waals surface area contributed by atoms with Gasteiger partial charge in [0.25, 0.3) is 0 Å². The fourth-order valence-electron chi connectivity index (χ4n) is 1.32. The molecule has 12 heavy (non-hydrogen) atoms. The Labute approximate surface area is 73.5 Å². The van der Waals surface area contributed by atoms with Crippen molar-refractivity contribution >= 4 is 5.78 Å². The molecule has 0 amide bonds. The van der Waals surface area contributed by atoms with E-state index in [0.717, 1.165) is 12.0 Å². The van der Waals surface area contributed by atoms with E-state index in [2.05, 4.69) is 13.0 Å². The Kier molecular flexibility index (Phi) is 3.03. The van der Waals surface area contributed by atoms with Gasteiger partial charge in [0.2, 0.25) is 0 Å². The average Bonchev–Trinajstić information content (AvgIpc) is 2.05. The fraction of sp³-hybridized carbons (Fsp3) is 0.364. The number of hydrogen-bond donors (Lipinski definition) is 0. The summed E-state index contributed by atoms with van der Waals surface area (Å²) in [5, 5.41) is 0. The Morgan fingerprint density at radius 3 is 3.00 bits per heavy atom. The van der Waals surface area contributed by atoms with E-state index in [1.807, 2.05) is 19.1 Å². The van der Waals surface area contributed by atoms with Crippen molar-refractivity contribution in [3.63, 3.8) is 0 Å². The molecule has 0 radical (unpaired) electrons. The normalized spacial score (nSPS) is 22.8. The molecule has 64 valence electrons. The Morgan fingerprint density at radius 1 is 1.67 bits per heavy atom. The van der Waals surface area contributed by atoms with Crippen LogP contribution < -0.4 is 0 Å². The van der Waals surface area contributed by atoms with Crippen LogP contribution in [0, 0.1) is 5.92 Å². The molecule has 0 saturated heterocycles. The third-order valence-electron chi connectivity index (χ3n) is 2.03. The van der Waals surface area contributed by atoms with Crippen LogP contribution in [-0.4, -0.2) is 5.78 Å². The maximum absolute atomic E-state index is 11.4. The van der Waals surface area contributed by atoms with Gasteiger partial charge in [-0.25, -0.2) is 0 Å². The van der Waals surface area contributed by atoms with Crippen LogP contribution in [0.3, 0.4) is 0 Å². The molecule has 0 aliphatic heterocycles. The summed E-state index contributed by atoms with van der Waals surface area (Å²) >= 11 is 0. The van der Waals surface area contributed by atoms with Gasteiger partial charge in [0.05, 0.1) is 0 Å². The molecule has 1 unspecified atom stereocenters. The van der Waals surface area contributed by atoms with Gasteiger partial charge < -0.3 is 0 Å². The lowest BCUT2D eigenvalue weighted by Crippen LogP contribution is -2.09. The van der Waals surface area contributed by atoms with E-state index in [-0.39, 0.29) is 5.78 Å². The SMILES string of the molecule is CC=CC(=O)C1=CC=CCC1C. The summed E-state index contributed by atoms with van der Waals surface area (Å²) in [7, 11) is 0. The van der Waals surface area contributed by atoms with Gasteiger partial charge in [0, 0.05) is 5.57 Å². The number of carbonyl (C=O) groups excluding carboxylic acids is 1. The smallest absolute Gasteiger partial charge is 0.181 e. The molecule has 0 fully saturated rings. The van der Waals surface area contributed by atoms with Gasteiger partial charge >= 0.3 is 0 Å². The molecule has 1 heteroatoms. The molecule has 0 aromatic rings. The molecule has 0 spiro atoms. The first-order valence-corrected chi connectivity index (χ1v) is 4.29. The first-order valence-electron chi connectivity index (χ1n) is 4.29. The average molecular weight is 162 g/mol. The van der Waals surface area contributed by atoms with Crippen molar-refractivity contribution in [2.75, 3.05) is 0 Å². The van der Waals surface area contributed by atoms with E-state index < -0.39 is 0 Å². The van der Waals surface area contributed by atoms with Crippen molar-refractivity contribution in [1.29, 1.82) is 0 Å². The Morgan fingerprint density at radius 2 is 2.42 bits per heavy atom. The third kappa shape index (κ3) is 1.94. The second kappa shape index (κ2) is 4.05. The van der Waals surface area contributed by atoms with Gasteiger partial charge in [-0.3, -0.25) is 4.79 Å². The van der Waals surface area contributed by atoms with Crippen LogP contribution in [0.4, 0.5) is 0 Å². The lowest BCUT2D eigenvalue weighted by molar-refractivity contribution is -0.111. The first-order chi connectivity index (χ1) is 5.75. The summed E-state index contributed by atoms with van der Waals surface area (Å²) in [5.74, 6) is 0.521. The summed E-state index contributed by atoms with van der Waals surface area (Å²) in [6.45, 7) is 3.94. The molecule has 0 aromatic heterocycles. The van der Waals surface area contributed by atoms with E-state index in [1.165, 1.54) is 0 Å². The molecule has 0 heterocycles. The highest BCUT2D eigenvalue weighted by Gasteiger charge is 2.14. The molecular weight excluding hydrogens is 148 g/mol. The minimum atomic E-state index is 0.148. The van der Waals surface area contributed by atoms with E-state index in [1.54, 1.807) is 12.2 Å². The summed E-state index contributed by atoms with van der Waals surface area (Å²) in [6.07, 6.45) is 10.4. The van der Waals surface area contributed by atoms with Crippen molar-refractivity contribution < 1.29 is 4.79 Å². The minimum absolute atomic E-state index is 0.148. The quantitative estimate of drug-likeness (QED) is 0.570. The fourth-order valence-corrected chi connectivity index (χ4v) is 1.32. The van der Waals surface area contributed by atoms with Crippen molar-refractivity contribution in [1.82, 2.24) is 0 Å². The molecule has 0 saturated carbocycles. The number of rotatable bonds is 2. The predicted octanol–water partition coefficient (Wildman–Crippen LogP) is 2.65. The van der Waals surface area contributed by atoms with Crippen molar-refractivity contribution in [3.8, 4) is 0 Å². The lowest BCUT2D eigenvalue weighted by Gasteiger charge is -2.13. The molecule has 0 bridgehead atoms. The van der Waals surface area contributed by atoms with Gasteiger partial charge in [0.1, 0.15) is 0 Å². The molecular formula is C11H14O. The molecule has 1 rings (SSSR count). The maximum atomic E-state index is 11.4. The highest BCUT2D eigenvalue weighted by molar-refractivity contribution is 6.04. The molecule has 1 nitrogen and oxygen atoms in total. The van der Waals surface area contributed by atoms with Crippen LogP contribution in [-0.2, 0) is 4.79 Å². The zero-order valence-electron chi connectivity index (χ0n) is 7.58. The van der Waals surface area contributed by atoms with Crippen LogP contribution in [0.25, 0.3) is 0 Å². The van der Waals surface area contributed by atoms with Gasteiger partial charge in [-0.1, -0.05) is 31.2 Å². The van der Waals surface area contributed by atoms with E-state index in [0.29, 0.717) is 5.92 Å². The Hall–Kier alpha value is -1.11. The Balaban J connectivity index is 2.78. The van der Waals surface area contributed by atoms with Crippen LogP contribution in [0.1, 0.15) is 20.3 Å². The lowest BCUT2D eigenvalue weighted by atomic mass is 9.90. The number of carbonyl (C=O) groups is 1. The standard InChI is InChI=1S/C11H14O/c1-3-6-11(12)10-8-5-4-7-9(10)2/h3-6,8-9H,7H2,1-2H3. The van der Waals surface area contributed by atoms with Crippen LogP contribution in [0.2, 0.25) is 0 Å². The monoisotopic (exact) mass is 162 g/mol. The summed E-state index contributed by atoms with van der Waals surface area (Å²) in [4.78, 5) is 11.4. The van der Waals surface area contributed by atoms with Crippen LogP contribution in [0.15, 0.2) is 36.0 Å². The Bertz CT molecular complexity index is 256. The van der Waals surface area contributed by atoms with Crippen molar-refractivity contribution in [3.05, 3.63) is 36.0 Å². The van der Waals surface area contributed by atoms with Gasteiger partial charge in [-0.2, -0.15) is 0 Å². The largest absolute Gasteiger partial charge is 0.290 e. The molecule has 1 aliphatic rings. The predicted molar refractivity (Wildman–Crippen MR) is 50.8 cm³/mol. The maximum Gasteiger partial charge on any atom is 0.181 e. The van der Waals surface area contributed by atoms with Crippen molar-refractivity contribution in [2.24, 2.45) is 5.92 Å². The molecule has 1 atom stereocenters. The summed E-state index contributed by atoms with van der Waals surface area (Å²) < 4.78 is 0. The van der Waals surface area contributed by atoms with Crippen molar-refractivity contribution in [2.45, 2.75) is 20.3 Å². The third-order valence-corrected chi connectivity index (χ3v) is 2.03. The van der Waals surface area contributed by atoms with E-state index >= 15 is 0 Å². The van der Waals surface area contributed by atoms with Crippen LogP contribution in [0.5, 0.6) is 0 Å².